The van der Waals surface area contributed by atoms with Crippen molar-refractivity contribution in [1.29, 1.82) is 0 Å². The van der Waals surface area contributed by atoms with Gasteiger partial charge in [-0.05, 0) is 0 Å². The van der Waals surface area contributed by atoms with Crippen LogP contribution in [0, 0.1) is 16.0 Å². The number of Topliss-reactive ketones (excluding diaryl/α,β-unsaturated/α-hetero) is 1. The Morgan fingerprint density at radius 2 is 2.25 bits per heavy atom. The van der Waals surface area contributed by atoms with Gasteiger partial charge < -0.3 is 0 Å². The van der Waals surface area contributed by atoms with E-state index < -0.39 is 5.54 Å². The summed E-state index contributed by atoms with van der Waals surface area (Å²) in [5.74, 6) is 0.0237. The largest absolute Gasteiger partial charge is 0.300 e. The average Bonchev–Trinajstić information content (AvgIpc) is 1.97. The highest BCUT2D eigenvalue weighted by atomic mass is 16.6. The van der Waals surface area contributed by atoms with Crippen LogP contribution in [0.2, 0.25) is 0 Å². The van der Waals surface area contributed by atoms with Crippen molar-refractivity contribution in [3.8, 4) is 0 Å². The van der Waals surface area contributed by atoms with Crippen molar-refractivity contribution in [3.63, 3.8) is 0 Å². The van der Waals surface area contributed by atoms with Crippen LogP contribution in [0.4, 0.5) is 0 Å². The van der Waals surface area contributed by atoms with E-state index in [1.807, 2.05) is 0 Å². The number of hydrogen-bond acceptors (Lipinski definition) is 3. The van der Waals surface area contributed by atoms with E-state index >= 15 is 0 Å². The Morgan fingerprint density at radius 1 is 1.67 bits per heavy atom. The van der Waals surface area contributed by atoms with Crippen molar-refractivity contribution in [2.75, 3.05) is 0 Å². The number of rotatable bonds is 1. The Labute approximate surface area is 71.1 Å². The number of nitro groups is 1. The molecule has 0 N–H and O–H groups in total. The van der Waals surface area contributed by atoms with Crippen LogP contribution in [-0.2, 0) is 4.79 Å². The molecule has 0 aliphatic heterocycles. The lowest BCUT2D eigenvalue weighted by Crippen LogP contribution is -2.45. The van der Waals surface area contributed by atoms with E-state index in [-0.39, 0.29) is 16.6 Å². The van der Waals surface area contributed by atoms with Gasteiger partial charge in [-0.1, -0.05) is 6.92 Å². The predicted octanol–water partition coefficient (Wildman–Crippen LogP) is 1.41. The Hall–Kier alpha value is -0.930. The summed E-state index contributed by atoms with van der Waals surface area (Å²) in [5, 5.41) is 10.7. The molecule has 0 radical (unpaired) electrons. The second-order valence-electron chi connectivity index (χ2n) is 3.76. The zero-order valence-corrected chi connectivity index (χ0v) is 7.37. The second kappa shape index (κ2) is 2.84. The van der Waals surface area contributed by atoms with Gasteiger partial charge in [0.05, 0.1) is 0 Å². The smallest absolute Gasteiger partial charge is 0.222 e. The molecule has 1 aliphatic carbocycles. The Balaban J connectivity index is 2.79. The van der Waals surface area contributed by atoms with Gasteiger partial charge in [0.1, 0.15) is 5.78 Å². The van der Waals surface area contributed by atoms with Crippen LogP contribution in [0.5, 0.6) is 0 Å². The maximum atomic E-state index is 11.0. The minimum atomic E-state index is -0.881. The van der Waals surface area contributed by atoms with Gasteiger partial charge in [-0.25, -0.2) is 0 Å². The second-order valence-corrected chi connectivity index (χ2v) is 3.76. The third kappa shape index (κ3) is 1.33. The molecular formula is C8H13NO3. The van der Waals surface area contributed by atoms with Crippen molar-refractivity contribution < 1.29 is 9.72 Å². The Kier molecular flexibility index (Phi) is 2.17. The summed E-state index contributed by atoms with van der Waals surface area (Å²) < 4.78 is 0. The zero-order chi connectivity index (χ0) is 9.35. The molecular weight excluding hydrogens is 158 g/mol. The molecule has 4 heteroatoms. The average molecular weight is 171 g/mol. The molecule has 0 aromatic carbocycles. The molecule has 1 rings (SSSR count). The van der Waals surface area contributed by atoms with Crippen molar-refractivity contribution in [2.45, 2.75) is 38.6 Å². The normalized spacial score (nSPS) is 36.5. The standard InChI is InChI=1S/C8H13NO3/c1-6-5-7(10)3-4-8(6,2)9(11)12/h6H,3-5H2,1-2H3. The Morgan fingerprint density at radius 3 is 2.67 bits per heavy atom. The van der Waals surface area contributed by atoms with E-state index in [0.29, 0.717) is 19.3 Å². The number of carbonyl (C=O) groups is 1. The molecule has 68 valence electrons. The highest BCUT2D eigenvalue weighted by Crippen LogP contribution is 2.33. The molecule has 1 saturated carbocycles. The Bertz CT molecular complexity index is 226. The minimum absolute atomic E-state index is 0.131. The van der Waals surface area contributed by atoms with E-state index in [1.54, 1.807) is 13.8 Å². The van der Waals surface area contributed by atoms with Gasteiger partial charge in [-0.3, -0.25) is 14.9 Å². The van der Waals surface area contributed by atoms with Gasteiger partial charge in [0, 0.05) is 37.0 Å². The monoisotopic (exact) mass is 171 g/mol. The fourth-order valence-corrected chi connectivity index (χ4v) is 1.57. The first kappa shape index (κ1) is 9.16. The van der Waals surface area contributed by atoms with Crippen LogP contribution in [0.25, 0.3) is 0 Å². The minimum Gasteiger partial charge on any atom is -0.300 e. The van der Waals surface area contributed by atoms with Crippen molar-refractivity contribution in [1.82, 2.24) is 0 Å². The van der Waals surface area contributed by atoms with E-state index in [9.17, 15) is 14.9 Å². The molecule has 1 aliphatic rings. The first-order valence-electron chi connectivity index (χ1n) is 4.13. The number of ketones is 1. The molecule has 0 aromatic rings. The fraction of sp³-hybridized carbons (Fsp3) is 0.875. The van der Waals surface area contributed by atoms with Gasteiger partial charge in [0.2, 0.25) is 5.54 Å². The predicted molar refractivity (Wildman–Crippen MR) is 43.4 cm³/mol. The molecule has 1 fully saturated rings. The molecule has 2 unspecified atom stereocenters. The topological polar surface area (TPSA) is 60.2 Å². The lowest BCUT2D eigenvalue weighted by atomic mass is 9.75. The lowest BCUT2D eigenvalue weighted by Gasteiger charge is -2.30. The van der Waals surface area contributed by atoms with E-state index in [2.05, 4.69) is 0 Å². The van der Waals surface area contributed by atoms with E-state index in [1.165, 1.54) is 0 Å². The summed E-state index contributed by atoms with van der Waals surface area (Å²) in [6.07, 6.45) is 1.11. The summed E-state index contributed by atoms with van der Waals surface area (Å²) in [7, 11) is 0. The van der Waals surface area contributed by atoms with Gasteiger partial charge in [0.25, 0.3) is 0 Å². The fourth-order valence-electron chi connectivity index (χ4n) is 1.57. The van der Waals surface area contributed by atoms with Crippen LogP contribution >= 0.6 is 0 Å². The molecule has 0 heterocycles. The highest BCUT2D eigenvalue weighted by Gasteiger charge is 2.46. The summed E-state index contributed by atoms with van der Waals surface area (Å²) in [5.41, 5.74) is -0.881. The summed E-state index contributed by atoms with van der Waals surface area (Å²) in [6.45, 7) is 3.41. The number of nitrogens with zero attached hydrogens (tertiary/aromatic N) is 1. The van der Waals surface area contributed by atoms with Crippen LogP contribution in [0.1, 0.15) is 33.1 Å². The summed E-state index contributed by atoms with van der Waals surface area (Å²) >= 11 is 0. The molecule has 0 saturated heterocycles. The molecule has 0 spiro atoms. The van der Waals surface area contributed by atoms with Crippen LogP contribution in [-0.4, -0.2) is 16.2 Å². The van der Waals surface area contributed by atoms with Gasteiger partial charge in [0.15, 0.2) is 0 Å². The van der Waals surface area contributed by atoms with Gasteiger partial charge in [-0.2, -0.15) is 0 Å². The molecule has 12 heavy (non-hydrogen) atoms. The summed E-state index contributed by atoms with van der Waals surface area (Å²) in [4.78, 5) is 21.4. The molecule has 0 amide bonds. The van der Waals surface area contributed by atoms with Crippen LogP contribution in [0.3, 0.4) is 0 Å². The third-order valence-electron chi connectivity index (χ3n) is 2.92. The molecule has 0 bridgehead atoms. The van der Waals surface area contributed by atoms with Gasteiger partial charge in [-0.15, -0.1) is 0 Å². The maximum Gasteiger partial charge on any atom is 0.222 e. The quantitative estimate of drug-likeness (QED) is 0.442. The number of hydrogen-bond donors (Lipinski definition) is 0. The lowest BCUT2D eigenvalue weighted by molar-refractivity contribution is -0.577. The molecule has 2 atom stereocenters. The third-order valence-corrected chi connectivity index (χ3v) is 2.92. The molecule has 0 aromatic heterocycles. The van der Waals surface area contributed by atoms with Gasteiger partial charge >= 0.3 is 0 Å². The van der Waals surface area contributed by atoms with Crippen molar-refractivity contribution >= 4 is 5.78 Å². The zero-order valence-electron chi connectivity index (χ0n) is 7.37. The van der Waals surface area contributed by atoms with Crippen LogP contribution < -0.4 is 0 Å². The number of carbonyl (C=O) groups excluding carboxylic acids is 1. The highest BCUT2D eigenvalue weighted by molar-refractivity contribution is 5.79. The van der Waals surface area contributed by atoms with E-state index in [4.69, 9.17) is 0 Å². The first-order chi connectivity index (χ1) is 5.47. The van der Waals surface area contributed by atoms with Crippen molar-refractivity contribution in [3.05, 3.63) is 10.1 Å². The molecule has 4 nitrogen and oxygen atoms in total. The van der Waals surface area contributed by atoms with E-state index in [0.717, 1.165) is 0 Å². The maximum absolute atomic E-state index is 11.0. The van der Waals surface area contributed by atoms with Crippen LogP contribution in [0.15, 0.2) is 0 Å². The SMILES string of the molecule is CC1CC(=O)CCC1(C)[N+](=O)[O-]. The summed E-state index contributed by atoms with van der Waals surface area (Å²) in [6, 6.07) is 0. The van der Waals surface area contributed by atoms with Crippen molar-refractivity contribution in [2.24, 2.45) is 5.92 Å². The first-order valence-corrected chi connectivity index (χ1v) is 4.13.